The van der Waals surface area contributed by atoms with Crippen LogP contribution in [0.5, 0.6) is 17.5 Å². The summed E-state index contributed by atoms with van der Waals surface area (Å²) < 4.78 is 57.6. The third kappa shape index (κ3) is 13.3. The van der Waals surface area contributed by atoms with Gasteiger partial charge in [0.05, 0.1) is 32.1 Å². The highest BCUT2D eigenvalue weighted by Gasteiger charge is 2.40. The molecule has 4 atom stereocenters. The van der Waals surface area contributed by atoms with Crippen molar-refractivity contribution in [3.05, 3.63) is 88.3 Å². The minimum atomic E-state index is -3.61. The highest BCUT2D eigenvalue weighted by Crippen LogP contribution is 2.44. The minimum Gasteiger partial charge on any atom is -0.496 e. The summed E-state index contributed by atoms with van der Waals surface area (Å²) in [4.78, 5) is 69.5. The summed E-state index contributed by atoms with van der Waals surface area (Å²) in [6, 6.07) is 13.4. The van der Waals surface area contributed by atoms with Crippen molar-refractivity contribution in [1.82, 2.24) is 34.3 Å². The van der Waals surface area contributed by atoms with E-state index in [0.717, 1.165) is 55.6 Å². The molecule has 9 rings (SSSR count). The molecule has 25 heteroatoms. The van der Waals surface area contributed by atoms with Crippen molar-refractivity contribution in [1.29, 1.82) is 0 Å². The highest BCUT2D eigenvalue weighted by atomic mass is 32.2. The van der Waals surface area contributed by atoms with Gasteiger partial charge in [-0.1, -0.05) is 78.7 Å². The van der Waals surface area contributed by atoms with Crippen LogP contribution in [0.4, 0.5) is 32.3 Å². The number of carbonyl (C=O) groups excluding carboxylic acids is 4. The van der Waals surface area contributed by atoms with E-state index in [9.17, 15) is 27.6 Å². The smallest absolute Gasteiger partial charge is 0.457 e. The standard InChI is InChI=1S/C31H38N8O7S.C25H29N5O4/c1-8-13-33-39(35-20-9-10-20)31(41)46-29-25(32-5)24(30(40)45-26-18(3)14-17(2)15-19(26)4)28-34-27(36-38(28)29)22-16-21(37-47(7,42)43)11-12-23(22)44-6;1-6-18-28-22-19(24(31)33-21-15(3)12-14(2)13-16(21)4)20(26-5)23(30(22)29-18)34-25(32)27-17-10-8-7-9-11-17/h11-13,16-19,26,37H,8-10,14-15H2,1-4,6-7H3,(H,34,36);7-11,14-16,21H,6,12-13H2,1-4H3,(H,27,32)(H,28,29)/b33-13-;. The quantitative estimate of drug-likeness (QED) is 0.0323. The minimum absolute atomic E-state index is 0.00600. The fourth-order valence-electron chi connectivity index (χ4n) is 10.9. The van der Waals surface area contributed by atoms with E-state index in [2.05, 4.69) is 77.8 Å². The summed E-state index contributed by atoms with van der Waals surface area (Å²) in [5, 5.41) is 17.7. The molecule has 3 fully saturated rings. The molecular weight excluding hydrogens is 1060 g/mol. The van der Waals surface area contributed by atoms with Gasteiger partial charge in [0.25, 0.3) is 11.4 Å². The normalized spacial score (nSPS) is 21.5. The Morgan fingerprint density at radius 1 is 0.778 bits per heavy atom. The third-order valence-corrected chi connectivity index (χ3v) is 14.9. The first-order chi connectivity index (χ1) is 38.6. The average molecular weight is 1130 g/mol. The SMILES string of the molecule is [C-]#[N+]c1c(C(=O)OC2C(C)CC(C)CC2C)c2nc(-c3cc(NS(C)(=O)=O)ccc3OC)[nH]n2c1OC(=O)N(N=C1CC1)/N=C\CC.[C-]#[N+]c1c(C(=O)OC2C(C)CC(C)CC2C)c2nc(CC)[nH]n2c1OC(=O)Nc1ccccc1. The number of aromatic amines is 2. The predicted octanol–water partition coefficient (Wildman–Crippen LogP) is 11.4. The zero-order chi connectivity index (χ0) is 58.4. The van der Waals surface area contributed by atoms with Crippen molar-refractivity contribution in [2.75, 3.05) is 23.4 Å². The lowest BCUT2D eigenvalue weighted by atomic mass is 9.75. The van der Waals surface area contributed by atoms with Gasteiger partial charge in [0.2, 0.25) is 21.8 Å². The number of nitrogens with one attached hydrogen (secondary N) is 4. The summed E-state index contributed by atoms with van der Waals surface area (Å²) in [6.45, 7) is 32.1. The van der Waals surface area contributed by atoms with Gasteiger partial charge >= 0.3 is 24.1 Å². The van der Waals surface area contributed by atoms with E-state index in [1.54, 1.807) is 30.3 Å². The van der Waals surface area contributed by atoms with E-state index in [4.69, 9.17) is 36.8 Å². The van der Waals surface area contributed by atoms with Gasteiger partial charge in [-0.15, -0.1) is 0 Å². The second-order valence-corrected chi connectivity index (χ2v) is 22.9. The lowest BCUT2D eigenvalue weighted by molar-refractivity contribution is -0.0253. The van der Waals surface area contributed by atoms with Crippen molar-refractivity contribution in [3.63, 3.8) is 0 Å². The van der Waals surface area contributed by atoms with Crippen LogP contribution in [0.25, 0.3) is 32.4 Å². The van der Waals surface area contributed by atoms with Crippen LogP contribution in [-0.2, 0) is 25.9 Å². The van der Waals surface area contributed by atoms with Crippen LogP contribution < -0.4 is 24.2 Å². The molecule has 0 saturated heterocycles. The molecule has 428 valence electrons. The summed E-state index contributed by atoms with van der Waals surface area (Å²) in [6.07, 6.45) is 6.31. The largest absolute Gasteiger partial charge is 0.496 e. The van der Waals surface area contributed by atoms with Crippen LogP contribution in [-0.4, -0.2) is 104 Å². The topological polar surface area (TPSA) is 275 Å². The monoisotopic (exact) mass is 1130 g/mol. The van der Waals surface area contributed by atoms with Crippen LogP contribution in [0.1, 0.15) is 127 Å². The molecule has 3 aliphatic rings. The number of H-pyrrole nitrogens is 2. The number of rotatable bonds is 15. The third-order valence-electron chi connectivity index (χ3n) is 14.3. The maximum Gasteiger partial charge on any atom is 0.457 e. The molecule has 4 aromatic heterocycles. The molecule has 0 spiro atoms. The summed E-state index contributed by atoms with van der Waals surface area (Å²) in [7, 11) is -2.17. The van der Waals surface area contributed by atoms with Crippen LogP contribution in [0.15, 0.2) is 58.7 Å². The van der Waals surface area contributed by atoms with E-state index in [1.807, 2.05) is 33.8 Å². The van der Waals surface area contributed by atoms with Crippen molar-refractivity contribution >= 4 is 80.1 Å². The van der Waals surface area contributed by atoms with Crippen LogP contribution in [0, 0.1) is 48.7 Å². The van der Waals surface area contributed by atoms with Crippen molar-refractivity contribution in [2.45, 2.75) is 119 Å². The van der Waals surface area contributed by atoms with E-state index >= 15 is 0 Å². The van der Waals surface area contributed by atoms with Crippen LogP contribution in [0.2, 0.25) is 0 Å². The molecule has 2 amide bonds. The van der Waals surface area contributed by atoms with Gasteiger partial charge in [0.1, 0.15) is 34.9 Å². The molecule has 81 heavy (non-hydrogen) atoms. The maximum absolute atomic E-state index is 14.0. The number of carbonyl (C=O) groups is 4. The Labute approximate surface area is 469 Å². The number of aryl methyl sites for hydroxylation is 1. The fraction of sp³-hybridized carbons (Fsp3) is 0.464. The van der Waals surface area contributed by atoms with Crippen LogP contribution in [0.3, 0.4) is 0 Å². The number of hydrazone groups is 2. The molecule has 0 radical (unpaired) electrons. The molecule has 3 saturated carbocycles. The zero-order valence-electron chi connectivity index (χ0n) is 46.9. The predicted molar refractivity (Wildman–Crippen MR) is 303 cm³/mol. The number of methoxy groups -OCH3 is 1. The summed E-state index contributed by atoms with van der Waals surface area (Å²) >= 11 is 0. The van der Waals surface area contributed by atoms with E-state index in [0.29, 0.717) is 47.5 Å². The van der Waals surface area contributed by atoms with Gasteiger partial charge in [0, 0.05) is 29.7 Å². The number of nitrogens with zero attached hydrogens (tertiary/aromatic N) is 9. The number of esters is 2. The summed E-state index contributed by atoms with van der Waals surface area (Å²) in [5.74, 6) is 0.832. The number of sulfonamides is 1. The lowest BCUT2D eigenvalue weighted by Gasteiger charge is -2.37. The molecule has 4 N–H and O–H groups in total. The Kier molecular flexibility index (Phi) is 17.9. The second-order valence-electron chi connectivity index (χ2n) is 21.2. The number of amides is 2. The Bertz CT molecular complexity index is 3570. The lowest BCUT2D eigenvalue weighted by Crippen LogP contribution is -2.37. The van der Waals surface area contributed by atoms with Gasteiger partial charge in [-0.2, -0.15) is 10.2 Å². The first-order valence-electron chi connectivity index (χ1n) is 26.9. The van der Waals surface area contributed by atoms with Crippen molar-refractivity contribution in [3.8, 4) is 28.9 Å². The van der Waals surface area contributed by atoms with Crippen LogP contribution >= 0.6 is 0 Å². The number of ether oxygens (including phenoxy) is 5. The molecule has 4 heterocycles. The maximum atomic E-state index is 14.0. The number of para-hydroxylation sites is 1. The molecule has 24 nitrogen and oxygen atoms in total. The molecule has 4 unspecified atom stereocenters. The Morgan fingerprint density at radius 2 is 1.32 bits per heavy atom. The van der Waals surface area contributed by atoms with Crippen molar-refractivity contribution in [2.24, 2.45) is 45.7 Å². The van der Waals surface area contributed by atoms with Gasteiger partial charge < -0.3 is 23.7 Å². The van der Waals surface area contributed by atoms with E-state index in [1.165, 1.54) is 34.5 Å². The van der Waals surface area contributed by atoms with Gasteiger partial charge in [-0.05, 0) is 111 Å². The fourth-order valence-corrected chi connectivity index (χ4v) is 11.4. The van der Waals surface area contributed by atoms with E-state index in [-0.39, 0.29) is 86.8 Å². The molecular formula is C56H67N13O11S. The zero-order valence-corrected chi connectivity index (χ0v) is 47.7. The molecule has 0 aliphatic heterocycles. The number of benzene rings is 2. The molecule has 6 aromatic rings. The number of anilines is 2. The highest BCUT2D eigenvalue weighted by molar-refractivity contribution is 7.92. The van der Waals surface area contributed by atoms with Gasteiger partial charge in [0.15, 0.2) is 17.1 Å². The molecule has 3 aliphatic carbocycles. The second kappa shape index (κ2) is 24.8. The average Bonchev–Trinajstić information content (AvgIpc) is 4.01. The molecule has 0 bridgehead atoms. The molecule has 2 aromatic carbocycles. The Balaban J connectivity index is 0.000000224. The summed E-state index contributed by atoms with van der Waals surface area (Å²) in [5.41, 5.74) is 1.45. The first-order valence-corrected chi connectivity index (χ1v) is 28.8. The Morgan fingerprint density at radius 3 is 1.83 bits per heavy atom. The van der Waals surface area contributed by atoms with E-state index < -0.39 is 40.3 Å². The number of aromatic nitrogens is 6. The number of hydrogen-bond acceptors (Lipinski definition) is 15. The number of fused-ring (bicyclic) bond motifs is 2. The Hall–Kier alpha value is -8.71. The van der Waals surface area contributed by atoms with Gasteiger partial charge in [-0.3, -0.25) is 20.2 Å². The van der Waals surface area contributed by atoms with Gasteiger partial charge in [-0.25, -0.2) is 56.3 Å². The number of hydrogen-bond donors (Lipinski definition) is 4. The first kappa shape index (κ1) is 58.4. The van der Waals surface area contributed by atoms with Crippen molar-refractivity contribution < 1.29 is 51.3 Å².